The van der Waals surface area contributed by atoms with Gasteiger partial charge in [-0.15, -0.1) is 0 Å². The molecule has 0 unspecified atom stereocenters. The molecule has 0 aliphatic carbocycles. The van der Waals surface area contributed by atoms with Crippen LogP contribution < -0.4 is 4.90 Å². The van der Waals surface area contributed by atoms with Crippen molar-refractivity contribution in [1.82, 2.24) is 19.6 Å². The van der Waals surface area contributed by atoms with Gasteiger partial charge < -0.3 is 10.0 Å². The van der Waals surface area contributed by atoms with Gasteiger partial charge in [0.2, 0.25) is 0 Å². The van der Waals surface area contributed by atoms with Gasteiger partial charge in [-0.25, -0.2) is 9.50 Å². The highest BCUT2D eigenvalue weighted by Crippen LogP contribution is 2.37. The highest BCUT2D eigenvalue weighted by molar-refractivity contribution is 6.30. The van der Waals surface area contributed by atoms with Crippen molar-refractivity contribution in [2.45, 2.75) is 44.4 Å². The van der Waals surface area contributed by atoms with E-state index >= 15 is 0 Å². The van der Waals surface area contributed by atoms with Gasteiger partial charge in [0, 0.05) is 60.0 Å². The number of rotatable bonds is 9. The Labute approximate surface area is 250 Å². The van der Waals surface area contributed by atoms with E-state index in [4.69, 9.17) is 21.7 Å². The molecule has 1 saturated heterocycles. The number of halogens is 1. The quantitative estimate of drug-likeness (QED) is 0.215. The summed E-state index contributed by atoms with van der Waals surface area (Å²) in [5.41, 5.74) is 6.55. The lowest BCUT2D eigenvalue weighted by molar-refractivity contribution is 0.0983. The predicted molar refractivity (Wildman–Crippen MR) is 166 cm³/mol. The molecule has 1 N–H and O–H groups in total. The minimum Gasteiger partial charge on any atom is -0.395 e. The molecule has 1 fully saturated rings. The molecule has 1 aliphatic heterocycles. The van der Waals surface area contributed by atoms with Crippen molar-refractivity contribution in [3.05, 3.63) is 124 Å². The highest BCUT2D eigenvalue weighted by Gasteiger charge is 2.36. The van der Waals surface area contributed by atoms with Crippen molar-refractivity contribution in [1.29, 1.82) is 0 Å². The third-order valence-corrected chi connectivity index (χ3v) is 8.71. The number of hydrogen-bond acceptors (Lipinski definition) is 6. The van der Waals surface area contributed by atoms with Crippen LogP contribution in [0.1, 0.15) is 57.8 Å². The summed E-state index contributed by atoms with van der Waals surface area (Å²) in [6.07, 6.45) is 7.15. The van der Waals surface area contributed by atoms with Crippen molar-refractivity contribution in [3.63, 3.8) is 0 Å². The molecule has 0 atom stereocenters. The number of hydrogen-bond donors (Lipinski definition) is 1. The van der Waals surface area contributed by atoms with Crippen LogP contribution in [0, 0.1) is 6.92 Å². The number of fused-ring (bicyclic) bond motifs is 1. The average Bonchev–Trinajstić information content (AvgIpc) is 3.44. The first kappa shape index (κ1) is 28.1. The van der Waals surface area contributed by atoms with Gasteiger partial charge in [-0.05, 0) is 73.2 Å². The number of aliphatic hydroxyl groups excluding tert-OH is 1. The Morgan fingerprint density at radius 1 is 0.976 bits per heavy atom. The van der Waals surface area contributed by atoms with Gasteiger partial charge in [-0.3, -0.25) is 9.78 Å². The molecule has 0 bridgehead atoms. The van der Waals surface area contributed by atoms with E-state index in [1.165, 1.54) is 0 Å². The highest BCUT2D eigenvalue weighted by atomic mass is 35.5. The summed E-state index contributed by atoms with van der Waals surface area (Å²) < 4.78 is 1.84. The Morgan fingerprint density at radius 3 is 2.40 bits per heavy atom. The zero-order chi connectivity index (χ0) is 29.1. The predicted octanol–water partition coefficient (Wildman–Crippen LogP) is 6.02. The lowest BCUT2D eigenvalue weighted by atomic mass is 9.73. The topological polar surface area (TPSA) is 83.6 Å². The normalized spacial score (nSPS) is 14.8. The number of nitrogens with zero attached hydrogens (tertiary/aromatic N) is 5. The number of carbonyl (C=O) groups is 1. The second-order valence-corrected chi connectivity index (χ2v) is 11.7. The van der Waals surface area contributed by atoms with Crippen LogP contribution >= 0.6 is 11.6 Å². The van der Waals surface area contributed by atoms with Crippen LogP contribution in [0.25, 0.3) is 5.65 Å². The molecule has 42 heavy (non-hydrogen) atoms. The molecule has 0 spiro atoms. The molecule has 0 radical (unpaired) electrons. The summed E-state index contributed by atoms with van der Waals surface area (Å²) in [6.45, 7) is 3.68. The van der Waals surface area contributed by atoms with E-state index in [9.17, 15) is 9.90 Å². The molecule has 5 aromatic rings. The number of aryl methyl sites for hydroxylation is 2. The van der Waals surface area contributed by atoms with Crippen LogP contribution in [-0.2, 0) is 18.3 Å². The molecule has 3 aromatic heterocycles. The Hall–Kier alpha value is -4.07. The molecule has 7 nitrogen and oxygen atoms in total. The number of ketones is 1. The zero-order valence-electron chi connectivity index (χ0n) is 23.7. The van der Waals surface area contributed by atoms with E-state index in [-0.39, 0.29) is 17.8 Å². The minimum absolute atomic E-state index is 0.108. The first-order valence-electron chi connectivity index (χ1n) is 14.4. The number of carbonyl (C=O) groups excluding carboxylic acids is 1. The molecular weight excluding hydrogens is 546 g/mol. The van der Waals surface area contributed by atoms with E-state index in [1.54, 1.807) is 0 Å². The van der Waals surface area contributed by atoms with Crippen molar-refractivity contribution in [3.8, 4) is 0 Å². The van der Waals surface area contributed by atoms with Crippen molar-refractivity contribution >= 4 is 28.7 Å². The van der Waals surface area contributed by atoms with E-state index in [1.807, 2.05) is 90.6 Å². The fraction of sp³-hybridized carbons (Fsp3) is 0.294. The number of pyridine rings is 2. The number of aromatic nitrogens is 4. The molecule has 0 saturated carbocycles. The van der Waals surface area contributed by atoms with Crippen LogP contribution in [0.3, 0.4) is 0 Å². The van der Waals surface area contributed by atoms with Crippen LogP contribution in [0.5, 0.6) is 0 Å². The monoisotopic (exact) mass is 579 g/mol. The SMILES string of the molecule is Cc1ccc(CCC(=O)c2ccc(Cc3nc4c(N5CCC(CO)(c6ccc(Cl)cc6)CC5)cccn4n3)cc2)cn1. The Morgan fingerprint density at radius 2 is 1.71 bits per heavy atom. The Kier molecular flexibility index (Phi) is 8.05. The summed E-state index contributed by atoms with van der Waals surface area (Å²) in [4.78, 5) is 24.3. The summed E-state index contributed by atoms with van der Waals surface area (Å²) in [6, 6.07) is 23.7. The summed E-state index contributed by atoms with van der Waals surface area (Å²) in [7, 11) is 0. The minimum atomic E-state index is -0.267. The van der Waals surface area contributed by atoms with Crippen LogP contribution in [0.15, 0.2) is 85.2 Å². The summed E-state index contributed by atoms with van der Waals surface area (Å²) in [5.74, 6) is 0.858. The Bertz CT molecular complexity index is 1670. The average molecular weight is 580 g/mol. The number of benzene rings is 2. The number of Topliss-reactive ketones (excluding diaryl/α,β-unsaturated/α-hetero) is 1. The summed E-state index contributed by atoms with van der Waals surface area (Å²) in [5, 5.41) is 15.8. The molecule has 4 heterocycles. The fourth-order valence-electron chi connectivity index (χ4n) is 5.81. The summed E-state index contributed by atoms with van der Waals surface area (Å²) >= 11 is 6.10. The van der Waals surface area contributed by atoms with Crippen LogP contribution in [0.2, 0.25) is 5.02 Å². The van der Waals surface area contributed by atoms with Gasteiger partial charge in [-0.1, -0.05) is 54.1 Å². The molecular formula is C34H34ClN5O2. The Balaban J connectivity index is 1.11. The van der Waals surface area contributed by atoms with Gasteiger partial charge in [0.25, 0.3) is 0 Å². The van der Waals surface area contributed by atoms with E-state index in [0.29, 0.717) is 29.8 Å². The first-order chi connectivity index (χ1) is 20.4. The molecule has 0 amide bonds. The number of piperidine rings is 1. The van der Waals surface area contributed by atoms with Crippen molar-refractivity contribution < 1.29 is 9.90 Å². The molecule has 1 aliphatic rings. The molecule has 8 heteroatoms. The van der Waals surface area contributed by atoms with Gasteiger partial charge in [-0.2, -0.15) is 5.10 Å². The van der Waals surface area contributed by atoms with Gasteiger partial charge in [0.1, 0.15) is 0 Å². The zero-order valence-corrected chi connectivity index (χ0v) is 24.5. The number of anilines is 1. The van der Waals surface area contributed by atoms with Crippen molar-refractivity contribution in [2.75, 3.05) is 24.6 Å². The van der Waals surface area contributed by atoms with Gasteiger partial charge >= 0.3 is 0 Å². The lowest BCUT2D eigenvalue weighted by Gasteiger charge is -2.42. The third kappa shape index (κ3) is 5.94. The maximum absolute atomic E-state index is 12.7. The standard InChI is InChI=1S/C34H34ClN5O2/c1-24-4-5-26(22-36-24)8-15-31(42)27-9-6-25(7-10-27)21-32-37-33-30(3-2-18-40(33)38-32)39-19-16-34(23-41,17-20-39)28-11-13-29(35)14-12-28/h2-7,9-14,18,22,41H,8,15-17,19-21,23H2,1H3. The van der Waals surface area contributed by atoms with Crippen molar-refractivity contribution in [2.24, 2.45) is 0 Å². The van der Waals surface area contributed by atoms with Crippen LogP contribution in [-0.4, -0.2) is 50.2 Å². The maximum atomic E-state index is 12.7. The second kappa shape index (κ2) is 12.0. The molecule has 6 rings (SSSR count). The molecule has 214 valence electrons. The largest absolute Gasteiger partial charge is 0.395 e. The fourth-order valence-corrected chi connectivity index (χ4v) is 5.94. The van der Waals surface area contributed by atoms with E-state index in [2.05, 4.69) is 16.0 Å². The van der Waals surface area contributed by atoms with Gasteiger partial charge in [0.05, 0.1) is 12.3 Å². The maximum Gasteiger partial charge on any atom is 0.178 e. The third-order valence-electron chi connectivity index (χ3n) is 8.46. The number of aliphatic hydroxyl groups is 1. The molecule has 2 aromatic carbocycles. The first-order valence-corrected chi connectivity index (χ1v) is 14.8. The van der Waals surface area contributed by atoms with Crippen LogP contribution in [0.4, 0.5) is 5.69 Å². The van der Waals surface area contributed by atoms with E-state index < -0.39 is 0 Å². The second-order valence-electron chi connectivity index (χ2n) is 11.2. The van der Waals surface area contributed by atoms with Gasteiger partial charge in [0.15, 0.2) is 17.3 Å². The lowest BCUT2D eigenvalue weighted by Crippen LogP contribution is -2.45. The van der Waals surface area contributed by atoms with E-state index in [0.717, 1.165) is 65.5 Å². The smallest absolute Gasteiger partial charge is 0.178 e.